The van der Waals surface area contributed by atoms with Crippen LogP contribution in [0.25, 0.3) is 11.1 Å². The summed E-state index contributed by atoms with van der Waals surface area (Å²) in [7, 11) is 0. The van der Waals surface area contributed by atoms with Gasteiger partial charge >= 0.3 is 0 Å². The van der Waals surface area contributed by atoms with E-state index in [-0.39, 0.29) is 6.29 Å². The summed E-state index contributed by atoms with van der Waals surface area (Å²) < 4.78 is 17.4. The van der Waals surface area contributed by atoms with Crippen LogP contribution >= 0.6 is 0 Å². The van der Waals surface area contributed by atoms with Crippen molar-refractivity contribution in [3.8, 4) is 22.6 Å². The Bertz CT molecular complexity index is 813. The molecular formula is C24H26O3. The quantitative estimate of drug-likeness (QED) is 0.359. The number of rotatable bonds is 9. The molecule has 0 amide bonds. The maximum Gasteiger partial charge on any atom is 0.197 e. The fourth-order valence-electron chi connectivity index (χ4n) is 2.84. The highest BCUT2D eigenvalue weighted by molar-refractivity contribution is 5.70. The van der Waals surface area contributed by atoms with E-state index in [4.69, 9.17) is 14.2 Å². The van der Waals surface area contributed by atoms with Crippen LogP contribution in [-0.2, 0) is 11.2 Å². The van der Waals surface area contributed by atoms with Crippen LogP contribution in [0.1, 0.15) is 19.4 Å². The van der Waals surface area contributed by atoms with Crippen LogP contribution in [0.2, 0.25) is 0 Å². The summed E-state index contributed by atoms with van der Waals surface area (Å²) in [6, 6.07) is 26.4. The number of hydrogen-bond donors (Lipinski definition) is 0. The van der Waals surface area contributed by atoms with Crippen LogP contribution in [0.3, 0.4) is 0 Å². The lowest BCUT2D eigenvalue weighted by Gasteiger charge is -2.16. The fraction of sp³-hybridized carbons (Fsp3) is 0.250. The van der Waals surface area contributed by atoms with Crippen LogP contribution in [0.15, 0.2) is 78.9 Å². The van der Waals surface area contributed by atoms with Crippen LogP contribution in [-0.4, -0.2) is 19.5 Å². The summed E-state index contributed by atoms with van der Waals surface area (Å²) in [4.78, 5) is 0. The molecule has 0 aliphatic carbocycles. The smallest absolute Gasteiger partial charge is 0.197 e. The standard InChI is InChI=1S/C24H26O3/c1-3-20-13-15-22(16-14-20)27-19(2)25-17-18-26-24-12-8-7-11-23(24)21-9-5-4-6-10-21/h4-16,19H,3,17-18H2,1-2H3. The summed E-state index contributed by atoms with van der Waals surface area (Å²) in [6.45, 7) is 4.95. The Morgan fingerprint density at radius 1 is 0.778 bits per heavy atom. The number of benzene rings is 3. The molecule has 27 heavy (non-hydrogen) atoms. The lowest BCUT2D eigenvalue weighted by Crippen LogP contribution is -2.20. The van der Waals surface area contributed by atoms with E-state index in [0.29, 0.717) is 13.2 Å². The van der Waals surface area contributed by atoms with Crippen LogP contribution in [0.4, 0.5) is 0 Å². The van der Waals surface area contributed by atoms with Gasteiger partial charge in [-0.25, -0.2) is 0 Å². The van der Waals surface area contributed by atoms with Crippen molar-refractivity contribution in [1.29, 1.82) is 0 Å². The third-order valence-corrected chi connectivity index (χ3v) is 4.30. The van der Waals surface area contributed by atoms with Crippen molar-refractivity contribution >= 4 is 0 Å². The van der Waals surface area contributed by atoms with Gasteiger partial charge in [0.15, 0.2) is 6.29 Å². The Labute approximate surface area is 161 Å². The van der Waals surface area contributed by atoms with Gasteiger partial charge in [0.05, 0.1) is 6.61 Å². The highest BCUT2D eigenvalue weighted by Crippen LogP contribution is 2.29. The third-order valence-electron chi connectivity index (χ3n) is 4.30. The first kappa shape index (κ1) is 19.0. The number of ether oxygens (including phenoxy) is 3. The maximum absolute atomic E-state index is 5.94. The van der Waals surface area contributed by atoms with E-state index in [0.717, 1.165) is 29.0 Å². The molecule has 3 nitrogen and oxygen atoms in total. The molecule has 0 radical (unpaired) electrons. The monoisotopic (exact) mass is 362 g/mol. The maximum atomic E-state index is 5.94. The molecule has 0 aliphatic rings. The molecule has 0 fully saturated rings. The zero-order valence-electron chi connectivity index (χ0n) is 15.9. The van der Waals surface area contributed by atoms with Crippen molar-refractivity contribution < 1.29 is 14.2 Å². The van der Waals surface area contributed by atoms with Gasteiger partial charge in [-0.1, -0.05) is 67.6 Å². The molecule has 3 aromatic rings. The van der Waals surface area contributed by atoms with E-state index in [9.17, 15) is 0 Å². The van der Waals surface area contributed by atoms with E-state index < -0.39 is 0 Å². The van der Waals surface area contributed by atoms with E-state index in [1.807, 2.05) is 55.5 Å². The first-order valence-corrected chi connectivity index (χ1v) is 9.40. The minimum Gasteiger partial charge on any atom is -0.491 e. The van der Waals surface area contributed by atoms with E-state index in [2.05, 4.69) is 37.3 Å². The Kier molecular flexibility index (Phi) is 6.89. The lowest BCUT2D eigenvalue weighted by molar-refractivity contribution is -0.0738. The predicted octanol–water partition coefficient (Wildman–Crippen LogP) is 5.74. The second-order valence-electron chi connectivity index (χ2n) is 6.26. The van der Waals surface area contributed by atoms with Gasteiger partial charge in [-0.2, -0.15) is 0 Å². The molecule has 1 atom stereocenters. The summed E-state index contributed by atoms with van der Waals surface area (Å²) in [5.74, 6) is 1.67. The molecule has 0 N–H and O–H groups in total. The number of para-hydroxylation sites is 1. The predicted molar refractivity (Wildman–Crippen MR) is 109 cm³/mol. The van der Waals surface area contributed by atoms with Crippen molar-refractivity contribution in [1.82, 2.24) is 0 Å². The van der Waals surface area contributed by atoms with Crippen molar-refractivity contribution in [3.05, 3.63) is 84.4 Å². The van der Waals surface area contributed by atoms with E-state index >= 15 is 0 Å². The first-order chi connectivity index (χ1) is 13.3. The summed E-state index contributed by atoms with van der Waals surface area (Å²) in [5.41, 5.74) is 3.51. The Hall–Kier alpha value is -2.78. The lowest BCUT2D eigenvalue weighted by atomic mass is 10.1. The third kappa shape index (κ3) is 5.60. The van der Waals surface area contributed by atoms with Gasteiger partial charge in [0.25, 0.3) is 0 Å². The van der Waals surface area contributed by atoms with Gasteiger partial charge in [-0.05, 0) is 42.7 Å². The van der Waals surface area contributed by atoms with Gasteiger partial charge in [0.1, 0.15) is 18.1 Å². The molecule has 3 aromatic carbocycles. The van der Waals surface area contributed by atoms with Gasteiger partial charge < -0.3 is 14.2 Å². The number of hydrogen-bond acceptors (Lipinski definition) is 3. The zero-order chi connectivity index (χ0) is 18.9. The van der Waals surface area contributed by atoms with Crippen molar-refractivity contribution in [2.45, 2.75) is 26.6 Å². The second kappa shape index (κ2) is 9.79. The van der Waals surface area contributed by atoms with Gasteiger partial charge in [-0.15, -0.1) is 0 Å². The average molecular weight is 362 g/mol. The Balaban J connectivity index is 1.47. The average Bonchev–Trinajstić information content (AvgIpc) is 2.73. The summed E-state index contributed by atoms with van der Waals surface area (Å²) in [5, 5.41) is 0. The summed E-state index contributed by atoms with van der Waals surface area (Å²) >= 11 is 0. The minimum absolute atomic E-state index is 0.328. The minimum atomic E-state index is -0.328. The molecule has 0 heterocycles. The molecule has 0 bridgehead atoms. The highest BCUT2D eigenvalue weighted by atomic mass is 16.7. The molecule has 1 unspecified atom stereocenters. The fourth-order valence-corrected chi connectivity index (χ4v) is 2.84. The normalized spacial score (nSPS) is 11.8. The molecule has 3 rings (SSSR count). The molecule has 140 valence electrons. The molecule has 0 aliphatic heterocycles. The summed E-state index contributed by atoms with van der Waals surface area (Å²) in [6.07, 6.45) is 0.694. The van der Waals surface area contributed by atoms with Crippen molar-refractivity contribution in [2.75, 3.05) is 13.2 Å². The molecule has 0 spiro atoms. The molecular weight excluding hydrogens is 336 g/mol. The SMILES string of the molecule is CCc1ccc(OC(C)OCCOc2ccccc2-c2ccccc2)cc1. The highest BCUT2D eigenvalue weighted by Gasteiger charge is 2.07. The Morgan fingerprint density at radius 3 is 2.22 bits per heavy atom. The van der Waals surface area contributed by atoms with Crippen LogP contribution < -0.4 is 9.47 Å². The zero-order valence-corrected chi connectivity index (χ0v) is 15.9. The van der Waals surface area contributed by atoms with E-state index in [1.54, 1.807) is 0 Å². The second-order valence-corrected chi connectivity index (χ2v) is 6.26. The molecule has 0 saturated carbocycles. The molecule has 0 saturated heterocycles. The van der Waals surface area contributed by atoms with E-state index in [1.165, 1.54) is 5.56 Å². The molecule has 3 heteroatoms. The van der Waals surface area contributed by atoms with Crippen molar-refractivity contribution in [2.24, 2.45) is 0 Å². The van der Waals surface area contributed by atoms with Gasteiger partial charge in [0, 0.05) is 5.56 Å². The van der Waals surface area contributed by atoms with Crippen LogP contribution in [0, 0.1) is 0 Å². The van der Waals surface area contributed by atoms with Gasteiger partial charge in [0.2, 0.25) is 0 Å². The van der Waals surface area contributed by atoms with Crippen molar-refractivity contribution in [3.63, 3.8) is 0 Å². The first-order valence-electron chi connectivity index (χ1n) is 9.40. The number of aryl methyl sites for hydroxylation is 1. The van der Waals surface area contributed by atoms with Gasteiger partial charge in [-0.3, -0.25) is 0 Å². The van der Waals surface area contributed by atoms with Crippen LogP contribution in [0.5, 0.6) is 11.5 Å². The molecule has 0 aromatic heterocycles. The topological polar surface area (TPSA) is 27.7 Å². The Morgan fingerprint density at radius 2 is 1.48 bits per heavy atom. The largest absolute Gasteiger partial charge is 0.491 e.